The Morgan fingerprint density at radius 3 is 1.39 bits per heavy atom. The van der Waals surface area contributed by atoms with E-state index in [-0.39, 0.29) is 31.5 Å². The number of carbonyl (C=O) groups is 3. The fourth-order valence-corrected chi connectivity index (χ4v) is 9.26. The molecule has 67 heavy (non-hydrogen) atoms. The largest absolute Gasteiger partial charge is 0.461 e. The van der Waals surface area contributed by atoms with Gasteiger partial charge in [-0.1, -0.05) is 196 Å². The van der Waals surface area contributed by atoms with Crippen LogP contribution in [-0.4, -0.2) is 42.4 Å². The molecular formula is C60H95NO6. The van der Waals surface area contributed by atoms with Gasteiger partial charge in [-0.2, -0.15) is 0 Å². The zero-order valence-electron chi connectivity index (χ0n) is 43.2. The van der Waals surface area contributed by atoms with E-state index in [0.717, 1.165) is 67.2 Å². The van der Waals surface area contributed by atoms with Gasteiger partial charge in [-0.15, -0.1) is 0 Å². The van der Waals surface area contributed by atoms with Crippen molar-refractivity contribution < 1.29 is 28.6 Å². The van der Waals surface area contributed by atoms with Crippen LogP contribution < -0.4 is 5.32 Å². The molecule has 0 aliphatic heterocycles. The number of hydrogen-bond donors (Lipinski definition) is 1. The van der Waals surface area contributed by atoms with Crippen molar-refractivity contribution in [2.45, 2.75) is 257 Å². The summed E-state index contributed by atoms with van der Waals surface area (Å²) in [6.45, 7) is 10.1. The molecule has 0 saturated carbocycles. The van der Waals surface area contributed by atoms with Crippen molar-refractivity contribution in [1.29, 1.82) is 0 Å². The maximum atomic E-state index is 14.1. The first-order valence-electron chi connectivity index (χ1n) is 27.5. The van der Waals surface area contributed by atoms with Gasteiger partial charge in [-0.05, 0) is 126 Å². The van der Waals surface area contributed by atoms with E-state index in [1.807, 2.05) is 45.0 Å². The summed E-state index contributed by atoms with van der Waals surface area (Å²) in [6, 6.07) is 15.4. The summed E-state index contributed by atoms with van der Waals surface area (Å²) in [4.78, 5) is 40.4. The van der Waals surface area contributed by atoms with Crippen LogP contribution >= 0.6 is 0 Å². The molecule has 0 aromatic heterocycles. The number of fused-ring (bicyclic) bond motifs is 3. The van der Waals surface area contributed by atoms with Crippen LogP contribution in [0, 0.1) is 0 Å². The normalized spacial score (nSPS) is 13.4. The Morgan fingerprint density at radius 1 is 0.552 bits per heavy atom. The molecule has 0 radical (unpaired) electrons. The smallest absolute Gasteiger partial charge is 0.407 e. The third-order valence-electron chi connectivity index (χ3n) is 13.1. The fraction of sp³-hybridized carbons (Fsp3) is 0.683. The van der Waals surface area contributed by atoms with Crippen LogP contribution in [-0.2, 0) is 23.8 Å². The molecule has 2 aromatic carbocycles. The van der Waals surface area contributed by atoms with Crippen LogP contribution in [0.3, 0.4) is 0 Å². The Morgan fingerprint density at radius 2 is 0.955 bits per heavy atom. The van der Waals surface area contributed by atoms with Gasteiger partial charge in [0.1, 0.15) is 24.4 Å². The number of nitrogens with one attached hydrogen (secondary N) is 1. The molecule has 7 heteroatoms. The predicted molar refractivity (Wildman–Crippen MR) is 280 cm³/mol. The molecule has 0 saturated heterocycles. The molecule has 2 unspecified atom stereocenters. The molecule has 3 rings (SSSR count). The average Bonchev–Trinajstić information content (AvgIpc) is 3.63. The maximum Gasteiger partial charge on any atom is 0.407 e. The first kappa shape index (κ1) is 57.4. The number of benzene rings is 2. The molecule has 376 valence electrons. The van der Waals surface area contributed by atoms with Gasteiger partial charge in [0.05, 0.1) is 0 Å². The molecule has 1 aliphatic rings. The van der Waals surface area contributed by atoms with E-state index in [4.69, 9.17) is 14.2 Å². The second-order valence-corrected chi connectivity index (χ2v) is 20.3. The average molecular weight is 926 g/mol. The molecule has 1 N–H and O–H groups in total. The van der Waals surface area contributed by atoms with E-state index >= 15 is 0 Å². The van der Waals surface area contributed by atoms with Gasteiger partial charge in [0.2, 0.25) is 0 Å². The predicted octanol–water partition coefficient (Wildman–Crippen LogP) is 17.4. The van der Waals surface area contributed by atoms with Crippen molar-refractivity contribution in [2.75, 3.05) is 6.61 Å². The number of ether oxygens (including phenoxy) is 3. The van der Waals surface area contributed by atoms with Crippen LogP contribution in [0.5, 0.6) is 0 Å². The number of hydrogen-bond acceptors (Lipinski definition) is 6. The van der Waals surface area contributed by atoms with Gasteiger partial charge in [0, 0.05) is 12.3 Å². The lowest BCUT2D eigenvalue weighted by Crippen LogP contribution is -2.44. The SMILES string of the molecule is CCCCCCCC/C=C\CCCCCCCCC(CCCCCCC/C=C\CCCCCCCC)OC(=O)C(CCC(=O)OC(C)(C)C)NC(=O)OCC1c2ccccc2-c2ccccc21. The highest BCUT2D eigenvalue weighted by Crippen LogP contribution is 2.44. The first-order valence-corrected chi connectivity index (χ1v) is 27.5. The van der Waals surface area contributed by atoms with E-state index in [1.165, 1.54) is 141 Å². The molecule has 0 heterocycles. The van der Waals surface area contributed by atoms with Crippen LogP contribution in [0.1, 0.15) is 251 Å². The minimum absolute atomic E-state index is 0.0332. The Kier molecular flexibility index (Phi) is 31.0. The monoisotopic (exact) mass is 926 g/mol. The molecule has 0 spiro atoms. The topological polar surface area (TPSA) is 90.9 Å². The van der Waals surface area contributed by atoms with Gasteiger partial charge < -0.3 is 19.5 Å². The molecule has 7 nitrogen and oxygen atoms in total. The lowest BCUT2D eigenvalue weighted by atomic mass is 9.98. The number of allylic oxidation sites excluding steroid dienone is 4. The summed E-state index contributed by atoms with van der Waals surface area (Å²) in [5, 5.41) is 2.80. The van der Waals surface area contributed by atoms with Gasteiger partial charge in [-0.25, -0.2) is 9.59 Å². The summed E-state index contributed by atoms with van der Waals surface area (Å²) >= 11 is 0. The summed E-state index contributed by atoms with van der Waals surface area (Å²) in [6.07, 6.45) is 43.7. The zero-order chi connectivity index (χ0) is 48.2. The molecule has 1 amide bonds. The lowest BCUT2D eigenvalue weighted by molar-refractivity contribution is -0.156. The van der Waals surface area contributed by atoms with E-state index in [0.29, 0.717) is 0 Å². The van der Waals surface area contributed by atoms with Crippen LogP contribution in [0.25, 0.3) is 11.1 Å². The fourth-order valence-electron chi connectivity index (χ4n) is 9.26. The molecule has 2 aromatic rings. The second-order valence-electron chi connectivity index (χ2n) is 20.3. The molecule has 2 atom stereocenters. The number of esters is 2. The van der Waals surface area contributed by atoms with Crippen molar-refractivity contribution >= 4 is 18.0 Å². The first-order chi connectivity index (χ1) is 32.6. The van der Waals surface area contributed by atoms with Gasteiger partial charge in [-0.3, -0.25) is 4.79 Å². The molecular weight excluding hydrogens is 831 g/mol. The number of unbranched alkanes of at least 4 members (excludes halogenated alkanes) is 23. The summed E-state index contributed by atoms with van der Waals surface area (Å²) in [5.74, 6) is -1.05. The summed E-state index contributed by atoms with van der Waals surface area (Å²) in [7, 11) is 0. The standard InChI is InChI=1S/C60H95NO6/c1-6-8-10-12-14-16-18-20-22-24-26-28-30-32-34-36-42-50(41-35-33-31-29-27-25-23-21-19-17-15-13-11-9-7-2)66-58(63)56(47-48-57(62)67-60(3,4)5)61-59(64)65-49-55-53-45-39-37-43-51(53)52-44-38-40-46-54(52)55/h20-23,37-40,43-46,50,55-56H,6-19,24-36,41-42,47-49H2,1-5H3,(H,61,64)/b22-20-,23-21-. The Labute approximate surface area is 409 Å². The highest BCUT2D eigenvalue weighted by Gasteiger charge is 2.31. The maximum absolute atomic E-state index is 14.1. The van der Waals surface area contributed by atoms with Gasteiger partial charge >= 0.3 is 18.0 Å². The Hall–Kier alpha value is -3.87. The molecule has 0 fully saturated rings. The second kappa shape index (κ2) is 36.2. The zero-order valence-corrected chi connectivity index (χ0v) is 43.2. The van der Waals surface area contributed by atoms with Crippen molar-refractivity contribution in [3.63, 3.8) is 0 Å². The molecule has 1 aliphatic carbocycles. The number of rotatable bonds is 39. The van der Waals surface area contributed by atoms with Crippen LogP contribution in [0.2, 0.25) is 0 Å². The number of amides is 1. The van der Waals surface area contributed by atoms with Crippen molar-refractivity contribution in [1.82, 2.24) is 5.32 Å². The quantitative estimate of drug-likeness (QED) is 0.0311. The van der Waals surface area contributed by atoms with E-state index in [2.05, 4.69) is 67.7 Å². The third kappa shape index (κ3) is 26.5. The van der Waals surface area contributed by atoms with E-state index < -0.39 is 29.7 Å². The van der Waals surface area contributed by atoms with Gasteiger partial charge in [0.25, 0.3) is 0 Å². The highest BCUT2D eigenvalue weighted by atomic mass is 16.6. The third-order valence-corrected chi connectivity index (χ3v) is 13.1. The Balaban J connectivity index is 1.52. The van der Waals surface area contributed by atoms with Gasteiger partial charge in [0.15, 0.2) is 0 Å². The Bertz CT molecular complexity index is 1630. The molecule has 0 bridgehead atoms. The minimum Gasteiger partial charge on any atom is -0.461 e. The summed E-state index contributed by atoms with van der Waals surface area (Å²) in [5.41, 5.74) is 3.85. The van der Waals surface area contributed by atoms with Crippen molar-refractivity contribution in [2.24, 2.45) is 0 Å². The van der Waals surface area contributed by atoms with Crippen molar-refractivity contribution in [3.05, 3.63) is 84.0 Å². The highest BCUT2D eigenvalue weighted by molar-refractivity contribution is 5.83. The number of alkyl carbamates (subject to hydrolysis) is 1. The summed E-state index contributed by atoms with van der Waals surface area (Å²) < 4.78 is 17.7. The van der Waals surface area contributed by atoms with E-state index in [9.17, 15) is 14.4 Å². The number of carbonyl (C=O) groups excluding carboxylic acids is 3. The minimum atomic E-state index is -1.04. The lowest BCUT2D eigenvalue weighted by Gasteiger charge is -2.24. The van der Waals surface area contributed by atoms with E-state index in [1.54, 1.807) is 0 Å². The van der Waals surface area contributed by atoms with Crippen LogP contribution in [0.4, 0.5) is 4.79 Å². The van der Waals surface area contributed by atoms with Crippen LogP contribution in [0.15, 0.2) is 72.8 Å². The van der Waals surface area contributed by atoms with Crippen molar-refractivity contribution in [3.8, 4) is 11.1 Å².